The first kappa shape index (κ1) is 17.6. The summed E-state index contributed by atoms with van der Waals surface area (Å²) in [5.74, 6) is 0. The molecular formula is C20H28N2O. The van der Waals surface area contributed by atoms with Gasteiger partial charge in [-0.05, 0) is 45.4 Å². The van der Waals surface area contributed by atoms with Crippen molar-refractivity contribution >= 4 is 0 Å². The Bertz CT molecular complexity index is 605. The van der Waals surface area contributed by atoms with E-state index in [1.165, 1.54) is 5.56 Å². The summed E-state index contributed by atoms with van der Waals surface area (Å²) in [6, 6.07) is 16.4. The fourth-order valence-corrected chi connectivity index (χ4v) is 2.65. The van der Waals surface area contributed by atoms with E-state index in [0.717, 1.165) is 17.9 Å². The zero-order valence-corrected chi connectivity index (χ0v) is 14.7. The molecule has 0 saturated carbocycles. The van der Waals surface area contributed by atoms with Crippen molar-refractivity contribution in [3.63, 3.8) is 0 Å². The molecule has 3 heteroatoms. The molecule has 0 saturated heterocycles. The first-order chi connectivity index (χ1) is 10.8. The Labute approximate surface area is 140 Å². The summed E-state index contributed by atoms with van der Waals surface area (Å²) in [7, 11) is 0. The Morgan fingerprint density at radius 2 is 1.74 bits per heavy atom. The Kier molecular flexibility index (Phi) is 5.91. The Hall–Kier alpha value is -1.71. The average molecular weight is 312 g/mol. The number of pyridine rings is 1. The molecule has 0 aliphatic heterocycles. The number of benzene rings is 1. The van der Waals surface area contributed by atoms with Crippen LogP contribution < -0.4 is 0 Å². The van der Waals surface area contributed by atoms with Crippen LogP contribution in [0.15, 0.2) is 48.5 Å². The van der Waals surface area contributed by atoms with Crippen LogP contribution >= 0.6 is 0 Å². The highest BCUT2D eigenvalue weighted by atomic mass is 16.3. The van der Waals surface area contributed by atoms with E-state index in [0.29, 0.717) is 13.0 Å². The van der Waals surface area contributed by atoms with Crippen molar-refractivity contribution in [3.8, 4) is 0 Å². The first-order valence-corrected chi connectivity index (χ1v) is 8.24. The van der Waals surface area contributed by atoms with Crippen molar-refractivity contribution < 1.29 is 5.11 Å². The topological polar surface area (TPSA) is 36.4 Å². The van der Waals surface area contributed by atoms with Crippen LogP contribution in [0.25, 0.3) is 0 Å². The Morgan fingerprint density at radius 1 is 1.04 bits per heavy atom. The zero-order valence-electron chi connectivity index (χ0n) is 14.7. The molecule has 2 aromatic rings. The van der Waals surface area contributed by atoms with Crippen molar-refractivity contribution in [1.29, 1.82) is 0 Å². The molecule has 2 rings (SSSR count). The quantitative estimate of drug-likeness (QED) is 0.885. The van der Waals surface area contributed by atoms with Crippen LogP contribution in [-0.2, 0) is 13.0 Å². The van der Waals surface area contributed by atoms with Crippen molar-refractivity contribution in [2.75, 3.05) is 6.54 Å². The molecule has 0 unspecified atom stereocenters. The summed E-state index contributed by atoms with van der Waals surface area (Å²) < 4.78 is 0. The minimum Gasteiger partial charge on any atom is -0.391 e. The monoisotopic (exact) mass is 312 g/mol. The van der Waals surface area contributed by atoms with E-state index in [2.05, 4.69) is 54.9 Å². The smallest absolute Gasteiger partial charge is 0.0722 e. The fourth-order valence-electron chi connectivity index (χ4n) is 2.65. The van der Waals surface area contributed by atoms with Gasteiger partial charge in [0.25, 0.3) is 0 Å². The second-order valence-electron chi connectivity index (χ2n) is 7.17. The van der Waals surface area contributed by atoms with Gasteiger partial charge in [-0.3, -0.25) is 9.88 Å². The maximum Gasteiger partial charge on any atom is 0.0722 e. The van der Waals surface area contributed by atoms with Gasteiger partial charge in [-0.25, -0.2) is 0 Å². The van der Waals surface area contributed by atoms with Gasteiger partial charge in [0.1, 0.15) is 0 Å². The molecule has 0 aliphatic carbocycles. The summed E-state index contributed by atoms with van der Waals surface area (Å²) in [6.45, 7) is 10.0. The summed E-state index contributed by atoms with van der Waals surface area (Å²) >= 11 is 0. The number of aliphatic hydroxyl groups excluding tert-OH is 1. The molecule has 1 aromatic carbocycles. The van der Waals surface area contributed by atoms with Gasteiger partial charge < -0.3 is 5.11 Å². The second-order valence-corrected chi connectivity index (χ2v) is 7.17. The number of rotatable bonds is 6. The van der Waals surface area contributed by atoms with E-state index in [1.807, 2.05) is 31.2 Å². The minimum atomic E-state index is -0.424. The Balaban J connectivity index is 2.02. The van der Waals surface area contributed by atoms with Gasteiger partial charge in [0.2, 0.25) is 0 Å². The van der Waals surface area contributed by atoms with Gasteiger partial charge in [0.05, 0.1) is 6.10 Å². The van der Waals surface area contributed by atoms with Crippen molar-refractivity contribution in [2.24, 2.45) is 0 Å². The highest BCUT2D eigenvalue weighted by Gasteiger charge is 2.24. The molecule has 1 atom stereocenters. The Morgan fingerprint density at radius 3 is 2.35 bits per heavy atom. The zero-order chi connectivity index (χ0) is 16.9. The van der Waals surface area contributed by atoms with Gasteiger partial charge in [-0.2, -0.15) is 0 Å². The van der Waals surface area contributed by atoms with Crippen LogP contribution in [0.3, 0.4) is 0 Å². The van der Waals surface area contributed by atoms with Crippen molar-refractivity contribution in [1.82, 2.24) is 9.88 Å². The van der Waals surface area contributed by atoms with E-state index >= 15 is 0 Å². The summed E-state index contributed by atoms with van der Waals surface area (Å²) in [5.41, 5.74) is 3.21. The number of hydrogen-bond acceptors (Lipinski definition) is 3. The molecule has 1 aromatic heterocycles. The van der Waals surface area contributed by atoms with Crippen LogP contribution in [0.2, 0.25) is 0 Å². The number of hydrogen-bond donors (Lipinski definition) is 1. The number of nitrogens with zero attached hydrogens (tertiary/aromatic N) is 2. The lowest BCUT2D eigenvalue weighted by atomic mass is 10.0. The standard InChI is InChI=1S/C20H28N2O/c1-16-9-8-12-18(21-16)13-19(23)15-22(20(2,3)4)14-17-10-6-5-7-11-17/h5-12,19,23H,13-15H2,1-4H3/t19-/m0/s1. The molecular weight excluding hydrogens is 284 g/mol. The second kappa shape index (κ2) is 7.71. The third-order valence-corrected chi connectivity index (χ3v) is 3.99. The van der Waals surface area contributed by atoms with Crippen LogP contribution in [-0.4, -0.2) is 33.2 Å². The fraction of sp³-hybridized carbons (Fsp3) is 0.450. The summed E-state index contributed by atoms with van der Waals surface area (Å²) in [6.07, 6.45) is 0.163. The molecule has 0 amide bonds. The predicted octanol–water partition coefficient (Wildman–Crippen LogP) is 3.59. The van der Waals surface area contributed by atoms with Crippen molar-refractivity contribution in [3.05, 3.63) is 65.5 Å². The maximum absolute atomic E-state index is 10.5. The molecule has 23 heavy (non-hydrogen) atoms. The lowest BCUT2D eigenvalue weighted by molar-refractivity contribution is 0.0525. The van der Waals surface area contributed by atoms with Gasteiger partial charge in [0.15, 0.2) is 0 Å². The van der Waals surface area contributed by atoms with Gasteiger partial charge in [-0.1, -0.05) is 36.4 Å². The van der Waals surface area contributed by atoms with Crippen molar-refractivity contribution in [2.45, 2.75) is 52.3 Å². The van der Waals surface area contributed by atoms with Crippen LogP contribution in [0.4, 0.5) is 0 Å². The predicted molar refractivity (Wildman–Crippen MR) is 95.3 cm³/mol. The number of aryl methyl sites for hydroxylation is 1. The third kappa shape index (κ3) is 5.77. The number of aromatic nitrogens is 1. The molecule has 0 bridgehead atoms. The molecule has 1 heterocycles. The molecule has 1 N–H and O–H groups in total. The van der Waals surface area contributed by atoms with E-state index in [4.69, 9.17) is 0 Å². The molecule has 0 aliphatic rings. The third-order valence-electron chi connectivity index (χ3n) is 3.99. The largest absolute Gasteiger partial charge is 0.391 e. The lowest BCUT2D eigenvalue weighted by Gasteiger charge is -2.37. The van der Waals surface area contributed by atoms with E-state index in [1.54, 1.807) is 0 Å². The van der Waals surface area contributed by atoms with Gasteiger partial charge >= 0.3 is 0 Å². The highest BCUT2D eigenvalue weighted by molar-refractivity contribution is 5.15. The maximum atomic E-state index is 10.5. The van der Waals surface area contributed by atoms with E-state index in [9.17, 15) is 5.11 Å². The molecule has 0 radical (unpaired) electrons. The lowest BCUT2D eigenvalue weighted by Crippen LogP contribution is -2.45. The normalized spacial score (nSPS) is 13.3. The first-order valence-electron chi connectivity index (χ1n) is 8.24. The number of aliphatic hydroxyl groups is 1. The minimum absolute atomic E-state index is 0.00312. The van der Waals surface area contributed by atoms with E-state index < -0.39 is 6.10 Å². The average Bonchev–Trinajstić information content (AvgIpc) is 2.46. The van der Waals surface area contributed by atoms with Crippen LogP contribution in [0.1, 0.15) is 37.7 Å². The summed E-state index contributed by atoms with van der Waals surface area (Å²) in [4.78, 5) is 6.81. The van der Waals surface area contributed by atoms with E-state index in [-0.39, 0.29) is 5.54 Å². The van der Waals surface area contributed by atoms with Crippen LogP contribution in [0.5, 0.6) is 0 Å². The molecule has 0 fully saturated rings. The summed E-state index contributed by atoms with van der Waals surface area (Å²) in [5, 5.41) is 10.5. The number of β-amino-alcohol motifs (C(OH)–C–C–N with tert-alkyl or cyclic N) is 1. The molecule has 3 nitrogen and oxygen atoms in total. The van der Waals surface area contributed by atoms with Gasteiger partial charge in [0, 0.05) is 36.4 Å². The van der Waals surface area contributed by atoms with Crippen LogP contribution in [0, 0.1) is 6.92 Å². The molecule has 0 spiro atoms. The highest BCUT2D eigenvalue weighted by Crippen LogP contribution is 2.18. The SMILES string of the molecule is Cc1cccc(C[C@H](O)CN(Cc2ccccc2)C(C)(C)C)n1. The van der Waals surface area contributed by atoms with Gasteiger partial charge in [-0.15, -0.1) is 0 Å². The molecule has 124 valence electrons.